The summed E-state index contributed by atoms with van der Waals surface area (Å²) in [5.74, 6) is 0. The summed E-state index contributed by atoms with van der Waals surface area (Å²) in [6.07, 6.45) is 3.68. The Labute approximate surface area is 96.6 Å². The normalized spacial score (nSPS) is 10.6. The second-order valence-electron chi connectivity index (χ2n) is 4.01. The quantitative estimate of drug-likeness (QED) is 0.774. The molecule has 0 amide bonds. The molecule has 0 aliphatic rings. The number of pyridine rings is 1. The lowest BCUT2D eigenvalue weighted by Crippen LogP contribution is -2.17. The smallest absolute Gasteiger partial charge is 0.0271 e. The van der Waals surface area contributed by atoms with E-state index in [1.807, 2.05) is 18.5 Å². The van der Waals surface area contributed by atoms with E-state index < -0.39 is 0 Å². The molecule has 0 N–H and O–H groups in total. The van der Waals surface area contributed by atoms with Crippen LogP contribution in [0.3, 0.4) is 0 Å². The van der Waals surface area contributed by atoms with Crippen LogP contribution in [0, 0.1) is 0 Å². The molecular formula is C14H16N2. The zero-order chi connectivity index (χ0) is 11.2. The minimum Gasteiger partial charge on any atom is -0.298 e. The van der Waals surface area contributed by atoms with Gasteiger partial charge in [0.1, 0.15) is 0 Å². The second-order valence-corrected chi connectivity index (χ2v) is 4.01. The largest absolute Gasteiger partial charge is 0.298 e. The Bertz CT molecular complexity index is 370. The summed E-state index contributed by atoms with van der Waals surface area (Å²) in [5.41, 5.74) is 2.65. The minimum atomic E-state index is 0.956. The van der Waals surface area contributed by atoms with Crippen molar-refractivity contribution in [2.45, 2.75) is 13.1 Å². The number of hydrogen-bond donors (Lipinski definition) is 0. The zero-order valence-corrected chi connectivity index (χ0v) is 9.50. The topological polar surface area (TPSA) is 16.1 Å². The fraction of sp³-hybridized carbons (Fsp3) is 0.214. The molecule has 1 aromatic carbocycles. The average molecular weight is 212 g/mol. The van der Waals surface area contributed by atoms with Crippen LogP contribution < -0.4 is 0 Å². The lowest BCUT2D eigenvalue weighted by atomic mass is 10.2. The first kappa shape index (κ1) is 10.8. The third kappa shape index (κ3) is 3.17. The van der Waals surface area contributed by atoms with Gasteiger partial charge in [0.25, 0.3) is 0 Å². The molecule has 0 saturated heterocycles. The van der Waals surface area contributed by atoms with E-state index in [4.69, 9.17) is 0 Å². The Hall–Kier alpha value is -1.67. The highest BCUT2D eigenvalue weighted by molar-refractivity contribution is 5.15. The summed E-state index contributed by atoms with van der Waals surface area (Å²) < 4.78 is 0. The maximum atomic E-state index is 4.02. The van der Waals surface area contributed by atoms with Crippen molar-refractivity contribution in [2.75, 3.05) is 7.05 Å². The summed E-state index contributed by atoms with van der Waals surface area (Å²) >= 11 is 0. The van der Waals surface area contributed by atoms with Gasteiger partial charge in [0, 0.05) is 25.5 Å². The summed E-state index contributed by atoms with van der Waals surface area (Å²) in [5, 5.41) is 0. The first-order chi connectivity index (χ1) is 7.84. The van der Waals surface area contributed by atoms with E-state index in [9.17, 15) is 0 Å². The van der Waals surface area contributed by atoms with Gasteiger partial charge in [0.15, 0.2) is 0 Å². The molecule has 0 fully saturated rings. The van der Waals surface area contributed by atoms with Crippen LogP contribution in [-0.2, 0) is 13.1 Å². The Kier molecular flexibility index (Phi) is 3.67. The molecule has 2 heteroatoms. The number of rotatable bonds is 4. The average Bonchev–Trinajstić information content (AvgIpc) is 2.31. The van der Waals surface area contributed by atoms with Crippen LogP contribution in [0.15, 0.2) is 54.9 Å². The Morgan fingerprint density at radius 1 is 0.875 bits per heavy atom. The van der Waals surface area contributed by atoms with Crippen LogP contribution in [0.1, 0.15) is 11.1 Å². The van der Waals surface area contributed by atoms with Gasteiger partial charge in [-0.05, 0) is 30.3 Å². The maximum Gasteiger partial charge on any atom is 0.0271 e. The predicted octanol–water partition coefficient (Wildman–Crippen LogP) is 2.71. The van der Waals surface area contributed by atoms with E-state index >= 15 is 0 Å². The van der Waals surface area contributed by atoms with E-state index in [0.29, 0.717) is 0 Å². The molecule has 2 aromatic rings. The van der Waals surface area contributed by atoms with Crippen LogP contribution in [0.4, 0.5) is 0 Å². The van der Waals surface area contributed by atoms with Crippen molar-refractivity contribution >= 4 is 0 Å². The maximum absolute atomic E-state index is 4.02. The van der Waals surface area contributed by atoms with Gasteiger partial charge < -0.3 is 0 Å². The van der Waals surface area contributed by atoms with E-state index in [2.05, 4.69) is 53.3 Å². The highest BCUT2D eigenvalue weighted by Gasteiger charge is 2.00. The van der Waals surface area contributed by atoms with Crippen molar-refractivity contribution < 1.29 is 0 Å². The van der Waals surface area contributed by atoms with Gasteiger partial charge in [-0.2, -0.15) is 0 Å². The molecule has 2 rings (SSSR count). The van der Waals surface area contributed by atoms with Crippen molar-refractivity contribution in [1.29, 1.82) is 0 Å². The summed E-state index contributed by atoms with van der Waals surface area (Å²) in [4.78, 5) is 6.31. The standard InChI is InChI=1S/C14H16N2/c1-16(11-13-5-3-2-4-6-13)12-14-7-9-15-10-8-14/h2-10H,11-12H2,1H3. The highest BCUT2D eigenvalue weighted by Crippen LogP contribution is 2.06. The molecule has 0 bridgehead atoms. The molecule has 0 aliphatic heterocycles. The summed E-state index contributed by atoms with van der Waals surface area (Å²) in [7, 11) is 2.13. The molecule has 2 nitrogen and oxygen atoms in total. The zero-order valence-electron chi connectivity index (χ0n) is 9.50. The Morgan fingerprint density at radius 2 is 1.44 bits per heavy atom. The molecule has 0 radical (unpaired) electrons. The molecule has 0 atom stereocenters. The molecule has 0 spiro atoms. The number of benzene rings is 1. The van der Waals surface area contributed by atoms with Crippen molar-refractivity contribution in [3.63, 3.8) is 0 Å². The first-order valence-corrected chi connectivity index (χ1v) is 5.46. The van der Waals surface area contributed by atoms with Crippen LogP contribution in [0.25, 0.3) is 0 Å². The van der Waals surface area contributed by atoms with E-state index in [0.717, 1.165) is 13.1 Å². The van der Waals surface area contributed by atoms with E-state index in [1.165, 1.54) is 11.1 Å². The second kappa shape index (κ2) is 5.42. The molecule has 0 unspecified atom stereocenters. The van der Waals surface area contributed by atoms with Crippen molar-refractivity contribution in [3.8, 4) is 0 Å². The monoisotopic (exact) mass is 212 g/mol. The third-order valence-corrected chi connectivity index (χ3v) is 2.50. The molecular weight excluding hydrogens is 196 g/mol. The van der Waals surface area contributed by atoms with E-state index in [1.54, 1.807) is 0 Å². The van der Waals surface area contributed by atoms with Crippen molar-refractivity contribution in [2.24, 2.45) is 0 Å². The number of hydrogen-bond acceptors (Lipinski definition) is 2. The Balaban J connectivity index is 1.92. The fourth-order valence-corrected chi connectivity index (χ4v) is 1.75. The van der Waals surface area contributed by atoms with Gasteiger partial charge in [0.2, 0.25) is 0 Å². The van der Waals surface area contributed by atoms with Gasteiger partial charge in [0.05, 0.1) is 0 Å². The van der Waals surface area contributed by atoms with Gasteiger partial charge in [-0.3, -0.25) is 9.88 Å². The Morgan fingerprint density at radius 3 is 2.06 bits per heavy atom. The molecule has 0 saturated carbocycles. The molecule has 16 heavy (non-hydrogen) atoms. The molecule has 0 aliphatic carbocycles. The fourth-order valence-electron chi connectivity index (χ4n) is 1.75. The first-order valence-electron chi connectivity index (χ1n) is 5.46. The van der Waals surface area contributed by atoms with Gasteiger partial charge in [-0.1, -0.05) is 30.3 Å². The van der Waals surface area contributed by atoms with Crippen LogP contribution >= 0.6 is 0 Å². The van der Waals surface area contributed by atoms with Gasteiger partial charge >= 0.3 is 0 Å². The van der Waals surface area contributed by atoms with Crippen LogP contribution in [0.2, 0.25) is 0 Å². The van der Waals surface area contributed by atoms with Crippen molar-refractivity contribution in [3.05, 3.63) is 66.0 Å². The molecule has 1 heterocycles. The molecule has 1 aromatic heterocycles. The van der Waals surface area contributed by atoms with Gasteiger partial charge in [-0.25, -0.2) is 0 Å². The predicted molar refractivity (Wildman–Crippen MR) is 65.9 cm³/mol. The molecule has 82 valence electrons. The minimum absolute atomic E-state index is 0.956. The SMILES string of the molecule is CN(Cc1ccccc1)Cc1ccncc1. The van der Waals surface area contributed by atoms with E-state index in [-0.39, 0.29) is 0 Å². The summed E-state index contributed by atoms with van der Waals surface area (Å²) in [6.45, 7) is 1.93. The summed E-state index contributed by atoms with van der Waals surface area (Å²) in [6, 6.07) is 14.6. The lowest BCUT2D eigenvalue weighted by molar-refractivity contribution is 0.319. The highest BCUT2D eigenvalue weighted by atomic mass is 15.1. The number of aromatic nitrogens is 1. The number of nitrogens with zero attached hydrogens (tertiary/aromatic N) is 2. The third-order valence-electron chi connectivity index (χ3n) is 2.50. The van der Waals surface area contributed by atoms with Crippen molar-refractivity contribution in [1.82, 2.24) is 9.88 Å². The lowest BCUT2D eigenvalue weighted by Gasteiger charge is -2.16. The van der Waals surface area contributed by atoms with Crippen LogP contribution in [-0.4, -0.2) is 16.9 Å². The van der Waals surface area contributed by atoms with Crippen LogP contribution in [0.5, 0.6) is 0 Å². The van der Waals surface area contributed by atoms with Gasteiger partial charge in [-0.15, -0.1) is 0 Å².